The Morgan fingerprint density at radius 3 is 2.33 bits per heavy atom. The van der Waals surface area contributed by atoms with E-state index in [0.29, 0.717) is 5.69 Å². The lowest BCUT2D eigenvalue weighted by Gasteiger charge is -2.19. The Labute approximate surface area is 90.5 Å². The van der Waals surface area contributed by atoms with Crippen molar-refractivity contribution in [3.05, 3.63) is 29.1 Å². The standard InChI is InChI=1S/C12H17NO2/c1-8-6-9(2)13-10(7-8)11(14)15-12(3,4)5/h6-7H,1-5H3. The molecular formula is C12H17NO2. The molecule has 0 fully saturated rings. The molecule has 15 heavy (non-hydrogen) atoms. The first-order valence-corrected chi connectivity index (χ1v) is 4.96. The molecule has 0 radical (unpaired) electrons. The zero-order valence-electron chi connectivity index (χ0n) is 9.92. The summed E-state index contributed by atoms with van der Waals surface area (Å²) in [6.45, 7) is 9.32. The van der Waals surface area contributed by atoms with Crippen LogP contribution in [-0.4, -0.2) is 16.6 Å². The van der Waals surface area contributed by atoms with E-state index >= 15 is 0 Å². The summed E-state index contributed by atoms with van der Waals surface area (Å²) in [6.07, 6.45) is 0. The molecule has 0 aromatic carbocycles. The van der Waals surface area contributed by atoms with Gasteiger partial charge in [-0.2, -0.15) is 0 Å². The van der Waals surface area contributed by atoms with Gasteiger partial charge in [0, 0.05) is 5.69 Å². The first kappa shape index (κ1) is 11.7. The number of nitrogens with zero attached hydrogens (tertiary/aromatic N) is 1. The van der Waals surface area contributed by atoms with Crippen molar-refractivity contribution in [1.82, 2.24) is 4.98 Å². The number of pyridine rings is 1. The molecule has 0 unspecified atom stereocenters. The summed E-state index contributed by atoms with van der Waals surface area (Å²) in [5, 5.41) is 0. The fourth-order valence-corrected chi connectivity index (χ4v) is 1.28. The molecule has 1 rings (SSSR count). The van der Waals surface area contributed by atoms with Crippen molar-refractivity contribution in [2.45, 2.75) is 40.2 Å². The topological polar surface area (TPSA) is 39.2 Å². The van der Waals surface area contributed by atoms with Crippen molar-refractivity contribution in [2.24, 2.45) is 0 Å². The Bertz CT molecular complexity index is 357. The van der Waals surface area contributed by atoms with E-state index in [1.165, 1.54) is 0 Å². The SMILES string of the molecule is Cc1cc(C)nc(C(=O)OC(C)(C)C)c1. The molecule has 0 atom stereocenters. The fraction of sp³-hybridized carbons (Fsp3) is 0.500. The van der Waals surface area contributed by atoms with E-state index in [0.717, 1.165) is 11.3 Å². The minimum atomic E-state index is -0.476. The van der Waals surface area contributed by atoms with Crippen molar-refractivity contribution in [1.29, 1.82) is 0 Å². The summed E-state index contributed by atoms with van der Waals surface area (Å²) in [5.74, 6) is -0.366. The van der Waals surface area contributed by atoms with E-state index in [4.69, 9.17) is 4.74 Å². The summed E-state index contributed by atoms with van der Waals surface area (Å²) in [6, 6.07) is 3.66. The van der Waals surface area contributed by atoms with Crippen LogP contribution in [0.25, 0.3) is 0 Å². The average molecular weight is 207 g/mol. The molecule has 3 heteroatoms. The fourth-order valence-electron chi connectivity index (χ4n) is 1.28. The first-order chi connectivity index (χ1) is 6.78. The second kappa shape index (κ2) is 4.01. The van der Waals surface area contributed by atoms with Gasteiger partial charge in [0.2, 0.25) is 0 Å². The van der Waals surface area contributed by atoms with Crippen LogP contribution in [0.3, 0.4) is 0 Å². The van der Waals surface area contributed by atoms with E-state index in [1.807, 2.05) is 40.7 Å². The van der Waals surface area contributed by atoms with Crippen LogP contribution in [-0.2, 0) is 4.74 Å². The molecular weight excluding hydrogens is 190 g/mol. The number of hydrogen-bond acceptors (Lipinski definition) is 3. The van der Waals surface area contributed by atoms with Gasteiger partial charge in [0.25, 0.3) is 0 Å². The van der Waals surface area contributed by atoms with Gasteiger partial charge in [0.1, 0.15) is 11.3 Å². The molecule has 3 nitrogen and oxygen atoms in total. The lowest BCUT2D eigenvalue weighted by molar-refractivity contribution is 0.00625. The van der Waals surface area contributed by atoms with E-state index in [9.17, 15) is 4.79 Å². The minimum Gasteiger partial charge on any atom is -0.455 e. The number of carbonyl (C=O) groups excluding carboxylic acids is 1. The number of aromatic nitrogens is 1. The normalized spacial score (nSPS) is 11.3. The third-order valence-corrected chi connectivity index (χ3v) is 1.71. The number of hydrogen-bond donors (Lipinski definition) is 0. The van der Waals surface area contributed by atoms with E-state index in [2.05, 4.69) is 4.98 Å². The second-order valence-corrected chi connectivity index (χ2v) is 4.67. The maximum atomic E-state index is 11.7. The van der Waals surface area contributed by atoms with Crippen LogP contribution in [0.1, 0.15) is 42.5 Å². The zero-order chi connectivity index (χ0) is 11.6. The second-order valence-electron chi connectivity index (χ2n) is 4.67. The largest absolute Gasteiger partial charge is 0.455 e. The highest BCUT2D eigenvalue weighted by Gasteiger charge is 2.19. The van der Waals surface area contributed by atoms with E-state index in [-0.39, 0.29) is 5.97 Å². The summed E-state index contributed by atoms with van der Waals surface area (Å²) in [5.41, 5.74) is 1.75. The average Bonchev–Trinajstić information content (AvgIpc) is 1.98. The highest BCUT2D eigenvalue weighted by molar-refractivity contribution is 5.87. The predicted octanol–water partition coefficient (Wildman–Crippen LogP) is 2.65. The summed E-state index contributed by atoms with van der Waals surface area (Å²) < 4.78 is 5.23. The first-order valence-electron chi connectivity index (χ1n) is 4.96. The zero-order valence-corrected chi connectivity index (χ0v) is 9.92. The Hall–Kier alpha value is -1.38. The number of rotatable bonds is 1. The van der Waals surface area contributed by atoms with E-state index < -0.39 is 5.60 Å². The summed E-state index contributed by atoms with van der Waals surface area (Å²) in [4.78, 5) is 15.8. The van der Waals surface area contributed by atoms with Gasteiger partial charge >= 0.3 is 5.97 Å². The Morgan fingerprint density at radius 1 is 1.27 bits per heavy atom. The number of aryl methyl sites for hydroxylation is 2. The van der Waals surface area contributed by atoms with Gasteiger partial charge in [-0.25, -0.2) is 9.78 Å². The predicted molar refractivity (Wildman–Crippen MR) is 58.9 cm³/mol. The van der Waals surface area contributed by atoms with Crippen molar-refractivity contribution >= 4 is 5.97 Å². The maximum absolute atomic E-state index is 11.7. The summed E-state index contributed by atoms with van der Waals surface area (Å²) in [7, 11) is 0. The van der Waals surface area contributed by atoms with Crippen molar-refractivity contribution in [3.63, 3.8) is 0 Å². The molecule has 82 valence electrons. The van der Waals surface area contributed by atoms with Crippen molar-refractivity contribution in [3.8, 4) is 0 Å². The molecule has 0 amide bonds. The van der Waals surface area contributed by atoms with Gasteiger partial charge in [-0.3, -0.25) is 0 Å². The van der Waals surface area contributed by atoms with Crippen molar-refractivity contribution in [2.75, 3.05) is 0 Å². The highest BCUT2D eigenvalue weighted by Crippen LogP contribution is 2.12. The Morgan fingerprint density at radius 2 is 1.87 bits per heavy atom. The smallest absolute Gasteiger partial charge is 0.357 e. The van der Waals surface area contributed by atoms with Gasteiger partial charge in [0.05, 0.1) is 0 Å². The molecule has 0 saturated heterocycles. The molecule has 0 aliphatic heterocycles. The molecule has 0 saturated carbocycles. The lowest BCUT2D eigenvalue weighted by Crippen LogP contribution is -2.24. The quantitative estimate of drug-likeness (QED) is 0.664. The molecule has 0 aliphatic carbocycles. The number of esters is 1. The highest BCUT2D eigenvalue weighted by atomic mass is 16.6. The third-order valence-electron chi connectivity index (χ3n) is 1.71. The van der Waals surface area contributed by atoms with E-state index in [1.54, 1.807) is 6.07 Å². The van der Waals surface area contributed by atoms with Crippen LogP contribution < -0.4 is 0 Å². The van der Waals surface area contributed by atoms with Crippen LogP contribution in [0.15, 0.2) is 12.1 Å². The van der Waals surface area contributed by atoms with Crippen LogP contribution >= 0.6 is 0 Å². The number of ether oxygens (including phenoxy) is 1. The van der Waals surface area contributed by atoms with Crippen LogP contribution in [0, 0.1) is 13.8 Å². The van der Waals surface area contributed by atoms with Gasteiger partial charge < -0.3 is 4.74 Å². The van der Waals surface area contributed by atoms with Crippen LogP contribution in [0.4, 0.5) is 0 Å². The summed E-state index contributed by atoms with van der Waals surface area (Å²) >= 11 is 0. The molecule has 1 heterocycles. The molecule has 0 N–H and O–H groups in total. The van der Waals surface area contributed by atoms with Crippen LogP contribution in [0.2, 0.25) is 0 Å². The molecule has 0 spiro atoms. The Balaban J connectivity index is 2.92. The molecule has 0 aliphatic rings. The molecule has 1 aromatic heterocycles. The third kappa shape index (κ3) is 3.70. The van der Waals surface area contributed by atoms with Crippen LogP contribution in [0.5, 0.6) is 0 Å². The minimum absolute atomic E-state index is 0.366. The number of carbonyl (C=O) groups is 1. The molecule has 1 aromatic rings. The lowest BCUT2D eigenvalue weighted by atomic mass is 10.2. The van der Waals surface area contributed by atoms with Gasteiger partial charge in [-0.1, -0.05) is 0 Å². The van der Waals surface area contributed by atoms with Crippen molar-refractivity contribution < 1.29 is 9.53 Å². The van der Waals surface area contributed by atoms with Gasteiger partial charge in [-0.15, -0.1) is 0 Å². The van der Waals surface area contributed by atoms with Gasteiger partial charge in [-0.05, 0) is 52.3 Å². The maximum Gasteiger partial charge on any atom is 0.357 e. The van der Waals surface area contributed by atoms with Gasteiger partial charge in [0.15, 0.2) is 0 Å². The monoisotopic (exact) mass is 207 g/mol. The Kier molecular flexibility index (Phi) is 3.12. The molecule has 0 bridgehead atoms.